The molecule has 3 atom stereocenters. The van der Waals surface area contributed by atoms with E-state index in [1.807, 2.05) is 56.4 Å². The summed E-state index contributed by atoms with van der Waals surface area (Å²) in [5.41, 5.74) is -0.231. The minimum atomic E-state index is -0.231. The molecule has 0 saturated heterocycles. The molecule has 0 spiro atoms. The van der Waals surface area contributed by atoms with E-state index in [9.17, 15) is 4.79 Å². The molecule has 0 aliphatic carbocycles. The lowest BCUT2D eigenvalue weighted by Gasteiger charge is -2.24. The van der Waals surface area contributed by atoms with Gasteiger partial charge in [-0.3, -0.25) is 14.5 Å². The van der Waals surface area contributed by atoms with Gasteiger partial charge in [0.25, 0.3) is 5.88 Å². The summed E-state index contributed by atoms with van der Waals surface area (Å²) < 4.78 is 7.30. The Kier molecular flexibility index (Phi) is 8.39. The van der Waals surface area contributed by atoms with Crippen LogP contribution in [0.15, 0.2) is 64.1 Å². The molecule has 3 unspecified atom stereocenters. The molecule has 7 heteroatoms. The molecule has 0 saturated carbocycles. The van der Waals surface area contributed by atoms with Crippen molar-refractivity contribution in [3.8, 4) is 5.88 Å². The summed E-state index contributed by atoms with van der Waals surface area (Å²) in [5, 5.41) is 10.5. The van der Waals surface area contributed by atoms with E-state index in [0.29, 0.717) is 0 Å². The highest BCUT2D eigenvalue weighted by Gasteiger charge is 2.16. The minimum absolute atomic E-state index is 0.0308. The Labute approximate surface area is 166 Å². The van der Waals surface area contributed by atoms with Crippen LogP contribution in [0.5, 0.6) is 5.88 Å². The summed E-state index contributed by atoms with van der Waals surface area (Å²) in [4.78, 5) is 16.3. The van der Waals surface area contributed by atoms with Crippen molar-refractivity contribution >= 4 is 12.4 Å². The normalized spacial score (nSPS) is 23.4. The lowest BCUT2D eigenvalue weighted by molar-refractivity contribution is 0.292. The first-order valence-electron chi connectivity index (χ1n) is 9.64. The predicted octanol–water partition coefficient (Wildman–Crippen LogP) is 2.88. The fourth-order valence-corrected chi connectivity index (χ4v) is 2.81. The predicted molar refractivity (Wildman–Crippen MR) is 114 cm³/mol. The fourth-order valence-electron chi connectivity index (χ4n) is 2.81. The van der Waals surface area contributed by atoms with E-state index in [2.05, 4.69) is 27.8 Å². The number of aromatic nitrogens is 2. The third-order valence-electron chi connectivity index (χ3n) is 4.31. The van der Waals surface area contributed by atoms with E-state index in [4.69, 9.17) is 4.74 Å². The van der Waals surface area contributed by atoms with E-state index in [1.165, 1.54) is 6.07 Å². The van der Waals surface area contributed by atoms with Crippen LogP contribution in [0, 0.1) is 5.92 Å². The van der Waals surface area contributed by atoms with Gasteiger partial charge in [-0.05, 0) is 12.5 Å². The quantitative estimate of drug-likeness (QED) is 0.708. The highest BCUT2D eigenvalue weighted by molar-refractivity contribution is 5.72. The average molecular weight is 383 g/mol. The maximum atomic E-state index is 12.0. The van der Waals surface area contributed by atoms with Crippen LogP contribution in [0.25, 0.3) is 0 Å². The number of allylic oxidation sites excluding steroid dienone is 1. The summed E-state index contributed by atoms with van der Waals surface area (Å²) >= 11 is 0. The van der Waals surface area contributed by atoms with E-state index in [1.54, 1.807) is 17.1 Å². The summed E-state index contributed by atoms with van der Waals surface area (Å²) in [6, 6.07) is 1.54. The number of dihydropyridines is 1. The van der Waals surface area contributed by atoms with E-state index in [-0.39, 0.29) is 35.9 Å². The molecule has 2 aliphatic rings. The van der Waals surface area contributed by atoms with Crippen LogP contribution >= 0.6 is 0 Å². The Morgan fingerprint density at radius 2 is 2.21 bits per heavy atom. The van der Waals surface area contributed by atoms with Gasteiger partial charge >= 0.3 is 0 Å². The van der Waals surface area contributed by atoms with Crippen molar-refractivity contribution < 1.29 is 4.74 Å². The molecule has 0 radical (unpaired) electrons. The van der Waals surface area contributed by atoms with Crippen molar-refractivity contribution in [1.29, 1.82) is 0 Å². The third kappa shape index (κ3) is 5.77. The van der Waals surface area contributed by atoms with Gasteiger partial charge in [-0.15, -0.1) is 11.7 Å². The van der Waals surface area contributed by atoms with Crippen LogP contribution in [0.1, 0.15) is 26.3 Å². The van der Waals surface area contributed by atoms with E-state index in [0.717, 1.165) is 13.0 Å². The summed E-state index contributed by atoms with van der Waals surface area (Å²) in [7, 11) is 1.93. The maximum absolute atomic E-state index is 12.0. The van der Waals surface area contributed by atoms with Gasteiger partial charge in [-0.25, -0.2) is 0 Å². The molecule has 0 fully saturated rings. The Morgan fingerprint density at radius 1 is 1.39 bits per heavy atom. The Balaban J connectivity index is 0.00000136. The number of aliphatic imine (C=N–C) groups is 1. The van der Waals surface area contributed by atoms with Gasteiger partial charge in [0.1, 0.15) is 6.61 Å². The third-order valence-corrected chi connectivity index (χ3v) is 4.31. The van der Waals surface area contributed by atoms with Gasteiger partial charge in [0.2, 0.25) is 5.43 Å². The van der Waals surface area contributed by atoms with Crippen LogP contribution in [0.4, 0.5) is 0 Å². The Hall–Kier alpha value is -2.96. The molecule has 0 aromatic carbocycles. The molecule has 7 nitrogen and oxygen atoms in total. The van der Waals surface area contributed by atoms with Crippen LogP contribution in [0.2, 0.25) is 0 Å². The molecule has 2 aliphatic heterocycles. The standard InChI is InChI=1S/C19H23N5O2.C2H6/c1-3-17-15(6-4-10-20-17)7-5-13-26-19-18(25)9-12-24(22-19)16-8-11-23(2)21-14-16;1-2/h3-7,9-10,12,14-17H,1,8,11,13H2,2H3;1-2H3/b7-5+;. The highest BCUT2D eigenvalue weighted by Crippen LogP contribution is 2.16. The SMILES string of the molecule is C=CC1N=CC=CC1/C=C/COc1nn(C2C=NN(C)CC2)ccc1=O.CC. The molecule has 150 valence electrons. The molecule has 1 aromatic heterocycles. The first kappa shape index (κ1) is 21.3. The zero-order chi connectivity index (χ0) is 20.4. The van der Waals surface area contributed by atoms with Gasteiger partial charge in [0.05, 0.1) is 12.1 Å². The summed E-state index contributed by atoms with van der Waals surface area (Å²) in [6.45, 7) is 8.91. The summed E-state index contributed by atoms with van der Waals surface area (Å²) in [5.74, 6) is 0.249. The second-order valence-electron chi connectivity index (χ2n) is 6.19. The molecule has 3 rings (SSSR count). The van der Waals surface area contributed by atoms with Crippen molar-refractivity contribution in [2.45, 2.75) is 32.4 Å². The molecule has 0 N–H and O–H groups in total. The average Bonchev–Trinajstić information content (AvgIpc) is 2.74. The van der Waals surface area contributed by atoms with Gasteiger partial charge in [-0.2, -0.15) is 5.10 Å². The first-order valence-corrected chi connectivity index (χ1v) is 9.64. The van der Waals surface area contributed by atoms with Gasteiger partial charge in [-0.1, -0.05) is 38.2 Å². The van der Waals surface area contributed by atoms with Crippen molar-refractivity contribution in [2.24, 2.45) is 16.0 Å². The van der Waals surface area contributed by atoms with Crippen molar-refractivity contribution in [3.05, 3.63) is 59.4 Å². The smallest absolute Gasteiger partial charge is 0.280 e. The molecule has 28 heavy (non-hydrogen) atoms. The Morgan fingerprint density at radius 3 is 2.93 bits per heavy atom. The summed E-state index contributed by atoms with van der Waals surface area (Å²) in [6.07, 6.45) is 15.8. The molecule has 3 heterocycles. The Bertz CT molecular complexity index is 809. The number of ether oxygens (including phenoxy) is 1. The zero-order valence-corrected chi connectivity index (χ0v) is 16.8. The molecule has 0 bridgehead atoms. The maximum Gasteiger partial charge on any atom is 0.280 e. The zero-order valence-electron chi connectivity index (χ0n) is 16.8. The molecule has 1 aromatic rings. The fraction of sp³-hybridized carbons (Fsp3) is 0.429. The number of hydrogen-bond donors (Lipinski definition) is 0. The monoisotopic (exact) mass is 383 g/mol. The number of rotatable bonds is 6. The molecular formula is C21H29N5O2. The second kappa shape index (κ2) is 11.0. The van der Waals surface area contributed by atoms with Gasteiger partial charge in [0.15, 0.2) is 0 Å². The topological polar surface area (TPSA) is 72.1 Å². The highest BCUT2D eigenvalue weighted by atomic mass is 16.5. The molecular weight excluding hydrogens is 354 g/mol. The van der Waals surface area contributed by atoms with Crippen LogP contribution < -0.4 is 10.2 Å². The number of hydrazone groups is 1. The van der Waals surface area contributed by atoms with E-state index >= 15 is 0 Å². The van der Waals surface area contributed by atoms with Crippen LogP contribution in [0.3, 0.4) is 0 Å². The van der Waals surface area contributed by atoms with E-state index < -0.39 is 0 Å². The number of nitrogens with zero attached hydrogens (tertiary/aromatic N) is 5. The van der Waals surface area contributed by atoms with Crippen molar-refractivity contribution in [2.75, 3.05) is 20.2 Å². The van der Waals surface area contributed by atoms with Crippen molar-refractivity contribution in [1.82, 2.24) is 14.8 Å². The largest absolute Gasteiger partial charge is 0.470 e. The van der Waals surface area contributed by atoms with Crippen LogP contribution in [-0.4, -0.2) is 53.5 Å². The first-order chi connectivity index (χ1) is 13.7. The van der Waals surface area contributed by atoms with Crippen LogP contribution in [-0.2, 0) is 0 Å². The lowest BCUT2D eigenvalue weighted by atomic mass is 9.97. The minimum Gasteiger partial charge on any atom is -0.470 e. The van der Waals surface area contributed by atoms with Gasteiger partial charge < -0.3 is 9.75 Å². The second-order valence-corrected chi connectivity index (χ2v) is 6.19. The van der Waals surface area contributed by atoms with Gasteiger partial charge in [0, 0.05) is 44.2 Å². The lowest BCUT2D eigenvalue weighted by Crippen LogP contribution is -2.27. The number of hydrogen-bond acceptors (Lipinski definition) is 6. The van der Waals surface area contributed by atoms with Crippen molar-refractivity contribution in [3.63, 3.8) is 0 Å². The molecule has 0 amide bonds.